The molecule has 0 saturated carbocycles. The van der Waals surface area contributed by atoms with E-state index in [4.69, 9.17) is 18.9 Å². The molecule has 0 bridgehead atoms. The van der Waals surface area contributed by atoms with Crippen LogP contribution in [0.3, 0.4) is 0 Å². The number of benzene rings is 3. The van der Waals surface area contributed by atoms with E-state index in [-0.39, 0.29) is 11.8 Å². The molecule has 0 aliphatic carbocycles. The molecule has 1 N–H and O–H groups in total. The van der Waals surface area contributed by atoms with Gasteiger partial charge in [-0.1, -0.05) is 31.2 Å². The second kappa shape index (κ2) is 11.2. The molecule has 37 heavy (non-hydrogen) atoms. The molecule has 3 aromatic rings. The van der Waals surface area contributed by atoms with Crippen LogP contribution in [-0.2, 0) is 4.79 Å². The van der Waals surface area contributed by atoms with Crippen molar-refractivity contribution in [1.29, 1.82) is 0 Å². The molecule has 1 heterocycles. The number of anilines is 1. The van der Waals surface area contributed by atoms with Gasteiger partial charge in [0.2, 0.25) is 11.7 Å². The molecular formula is C29H32N2O6. The van der Waals surface area contributed by atoms with Gasteiger partial charge < -0.3 is 29.2 Å². The standard InChI is InChI=1S/C29H32N2O6/c1-6-14-31-26(18-15-23(35-3)27(37-5)24(16-18)36-4)25(21-12-7-8-13-22(21)29(31)33)28(32)30-19-10-9-11-20(17-19)34-2/h7-13,15-17,25-26H,6,14H2,1-5H3,(H,30,32). The Labute approximate surface area is 217 Å². The van der Waals surface area contributed by atoms with Gasteiger partial charge in [0.05, 0.1) is 40.4 Å². The van der Waals surface area contributed by atoms with Crippen LogP contribution in [0.1, 0.15) is 46.8 Å². The highest BCUT2D eigenvalue weighted by atomic mass is 16.5. The predicted molar refractivity (Wildman–Crippen MR) is 141 cm³/mol. The van der Waals surface area contributed by atoms with Crippen LogP contribution in [0.25, 0.3) is 0 Å². The fourth-order valence-electron chi connectivity index (χ4n) is 4.93. The van der Waals surface area contributed by atoms with Gasteiger partial charge in [0.15, 0.2) is 11.5 Å². The Morgan fingerprint density at radius 3 is 2.22 bits per heavy atom. The summed E-state index contributed by atoms with van der Waals surface area (Å²) in [7, 11) is 6.19. The van der Waals surface area contributed by atoms with Crippen molar-refractivity contribution >= 4 is 17.5 Å². The first-order valence-corrected chi connectivity index (χ1v) is 12.1. The normalized spacial score (nSPS) is 16.6. The number of hydrogen-bond donors (Lipinski definition) is 1. The van der Waals surface area contributed by atoms with Gasteiger partial charge >= 0.3 is 0 Å². The molecule has 1 aliphatic rings. The quantitative estimate of drug-likeness (QED) is 0.439. The molecule has 4 rings (SSSR count). The number of carbonyl (C=O) groups is 2. The van der Waals surface area contributed by atoms with Gasteiger partial charge in [-0.15, -0.1) is 0 Å². The van der Waals surface area contributed by atoms with Gasteiger partial charge in [-0.2, -0.15) is 0 Å². The summed E-state index contributed by atoms with van der Waals surface area (Å²) in [4.78, 5) is 29.5. The van der Waals surface area contributed by atoms with Crippen molar-refractivity contribution in [2.24, 2.45) is 0 Å². The van der Waals surface area contributed by atoms with Crippen LogP contribution in [0.15, 0.2) is 60.7 Å². The van der Waals surface area contributed by atoms with E-state index in [0.717, 1.165) is 6.42 Å². The minimum Gasteiger partial charge on any atom is -0.497 e. The van der Waals surface area contributed by atoms with Crippen LogP contribution in [-0.4, -0.2) is 51.7 Å². The Hall–Kier alpha value is -4.20. The second-order valence-corrected chi connectivity index (χ2v) is 8.69. The summed E-state index contributed by atoms with van der Waals surface area (Å²) in [5.74, 6) is 0.906. The molecule has 194 valence electrons. The van der Waals surface area contributed by atoms with E-state index in [1.165, 1.54) is 7.11 Å². The molecule has 0 saturated heterocycles. The highest BCUT2D eigenvalue weighted by molar-refractivity contribution is 6.04. The fraction of sp³-hybridized carbons (Fsp3) is 0.310. The first-order chi connectivity index (χ1) is 18.0. The molecule has 0 radical (unpaired) electrons. The summed E-state index contributed by atoms with van der Waals surface area (Å²) in [6.07, 6.45) is 0.721. The third kappa shape index (κ3) is 4.91. The fourth-order valence-corrected chi connectivity index (χ4v) is 4.93. The second-order valence-electron chi connectivity index (χ2n) is 8.69. The van der Waals surface area contributed by atoms with Crippen molar-refractivity contribution in [3.63, 3.8) is 0 Å². The maximum absolute atomic E-state index is 14.0. The average Bonchev–Trinajstić information content (AvgIpc) is 2.93. The Morgan fingerprint density at radius 1 is 0.892 bits per heavy atom. The van der Waals surface area contributed by atoms with Crippen molar-refractivity contribution in [2.75, 3.05) is 40.3 Å². The number of fused-ring (bicyclic) bond motifs is 1. The maximum Gasteiger partial charge on any atom is 0.254 e. The van der Waals surface area contributed by atoms with Gasteiger partial charge in [0.25, 0.3) is 5.91 Å². The number of methoxy groups -OCH3 is 4. The van der Waals surface area contributed by atoms with Crippen LogP contribution in [0, 0.1) is 0 Å². The lowest BCUT2D eigenvalue weighted by Crippen LogP contribution is -2.46. The molecule has 0 aromatic heterocycles. The Kier molecular flexibility index (Phi) is 7.86. The van der Waals surface area contributed by atoms with Gasteiger partial charge in [-0.25, -0.2) is 0 Å². The molecule has 0 fully saturated rings. The van der Waals surface area contributed by atoms with E-state index in [1.54, 1.807) is 44.4 Å². The number of carbonyl (C=O) groups excluding carboxylic acids is 2. The zero-order valence-corrected chi connectivity index (χ0v) is 21.7. The Bertz CT molecular complexity index is 1270. The van der Waals surface area contributed by atoms with E-state index < -0.39 is 12.0 Å². The van der Waals surface area contributed by atoms with Gasteiger partial charge in [0, 0.05) is 23.9 Å². The summed E-state index contributed by atoms with van der Waals surface area (Å²) in [6.45, 7) is 2.47. The third-order valence-corrected chi connectivity index (χ3v) is 6.55. The smallest absolute Gasteiger partial charge is 0.254 e. The first kappa shape index (κ1) is 25.9. The van der Waals surface area contributed by atoms with Crippen LogP contribution in [0.5, 0.6) is 23.0 Å². The van der Waals surface area contributed by atoms with Crippen molar-refractivity contribution in [3.05, 3.63) is 77.4 Å². The molecule has 3 aromatic carbocycles. The zero-order chi connectivity index (χ0) is 26.5. The lowest BCUT2D eigenvalue weighted by Gasteiger charge is -2.42. The van der Waals surface area contributed by atoms with Gasteiger partial charge in [-0.05, 0) is 47.9 Å². The highest BCUT2D eigenvalue weighted by Crippen LogP contribution is 2.47. The maximum atomic E-state index is 14.0. The summed E-state index contributed by atoms with van der Waals surface area (Å²) >= 11 is 0. The Morgan fingerprint density at radius 2 is 1.59 bits per heavy atom. The molecule has 2 unspecified atom stereocenters. The van der Waals surface area contributed by atoms with Gasteiger partial charge in [0.1, 0.15) is 5.75 Å². The lowest BCUT2D eigenvalue weighted by atomic mass is 9.78. The SMILES string of the molecule is CCCN1C(=O)c2ccccc2C(C(=O)Nc2cccc(OC)c2)C1c1cc(OC)c(OC)c(OC)c1. The van der Waals surface area contributed by atoms with Crippen molar-refractivity contribution in [1.82, 2.24) is 4.90 Å². The van der Waals surface area contributed by atoms with Crippen molar-refractivity contribution in [3.8, 4) is 23.0 Å². The summed E-state index contributed by atoms with van der Waals surface area (Å²) in [5, 5.41) is 3.04. The number of amides is 2. The monoisotopic (exact) mass is 504 g/mol. The highest BCUT2D eigenvalue weighted by Gasteiger charge is 2.44. The molecule has 0 spiro atoms. The number of nitrogens with zero attached hydrogens (tertiary/aromatic N) is 1. The van der Waals surface area contributed by atoms with E-state index in [0.29, 0.717) is 51.9 Å². The van der Waals surface area contributed by atoms with E-state index in [1.807, 2.05) is 49.4 Å². The van der Waals surface area contributed by atoms with Crippen LogP contribution < -0.4 is 24.3 Å². The number of ether oxygens (including phenoxy) is 4. The number of hydrogen-bond acceptors (Lipinski definition) is 6. The average molecular weight is 505 g/mol. The molecule has 2 amide bonds. The minimum absolute atomic E-state index is 0.123. The van der Waals surface area contributed by atoms with Crippen LogP contribution in [0.4, 0.5) is 5.69 Å². The summed E-state index contributed by atoms with van der Waals surface area (Å²) < 4.78 is 22.0. The summed E-state index contributed by atoms with van der Waals surface area (Å²) in [6, 6.07) is 17.5. The van der Waals surface area contributed by atoms with Crippen LogP contribution in [0.2, 0.25) is 0 Å². The minimum atomic E-state index is -0.700. The van der Waals surface area contributed by atoms with E-state index in [2.05, 4.69) is 5.32 Å². The van der Waals surface area contributed by atoms with E-state index >= 15 is 0 Å². The molecule has 8 nitrogen and oxygen atoms in total. The van der Waals surface area contributed by atoms with Crippen LogP contribution >= 0.6 is 0 Å². The number of nitrogens with one attached hydrogen (secondary N) is 1. The van der Waals surface area contributed by atoms with Crippen molar-refractivity contribution < 1.29 is 28.5 Å². The third-order valence-electron chi connectivity index (χ3n) is 6.55. The summed E-state index contributed by atoms with van der Waals surface area (Å²) in [5.41, 5.74) is 2.49. The molecule has 8 heteroatoms. The van der Waals surface area contributed by atoms with Gasteiger partial charge in [-0.3, -0.25) is 9.59 Å². The topological polar surface area (TPSA) is 86.3 Å². The lowest BCUT2D eigenvalue weighted by molar-refractivity contribution is -0.119. The zero-order valence-electron chi connectivity index (χ0n) is 21.7. The Balaban J connectivity index is 1.90. The largest absolute Gasteiger partial charge is 0.497 e. The van der Waals surface area contributed by atoms with E-state index in [9.17, 15) is 9.59 Å². The van der Waals surface area contributed by atoms with Crippen molar-refractivity contribution in [2.45, 2.75) is 25.3 Å². The predicted octanol–water partition coefficient (Wildman–Crippen LogP) is 5.05. The molecule has 2 atom stereocenters. The first-order valence-electron chi connectivity index (χ1n) is 12.1. The number of rotatable bonds is 9. The molecule has 1 aliphatic heterocycles. The molecular weight excluding hydrogens is 472 g/mol.